The summed E-state index contributed by atoms with van der Waals surface area (Å²) >= 11 is 6.24. The fourth-order valence-electron chi connectivity index (χ4n) is 2.64. The molecule has 0 aliphatic carbocycles. The predicted molar refractivity (Wildman–Crippen MR) is 107 cm³/mol. The molecule has 0 unspecified atom stereocenters. The Labute approximate surface area is 162 Å². The minimum atomic E-state index is -0.891. The van der Waals surface area contributed by atoms with Crippen LogP contribution in [-0.2, 0) is 17.8 Å². The van der Waals surface area contributed by atoms with Gasteiger partial charge >= 0.3 is 5.97 Å². The van der Waals surface area contributed by atoms with Crippen molar-refractivity contribution in [3.05, 3.63) is 94.3 Å². The molecule has 1 aromatic heterocycles. The van der Waals surface area contributed by atoms with E-state index in [2.05, 4.69) is 4.98 Å². The highest BCUT2D eigenvalue weighted by molar-refractivity contribution is 6.30. The Balaban J connectivity index is 1.74. The van der Waals surface area contributed by atoms with E-state index in [1.54, 1.807) is 30.6 Å². The van der Waals surface area contributed by atoms with E-state index in [9.17, 15) is 4.79 Å². The zero-order valence-corrected chi connectivity index (χ0v) is 15.3. The second-order valence-electron chi connectivity index (χ2n) is 5.97. The number of pyridine rings is 1. The lowest BCUT2D eigenvalue weighted by atomic mass is 10.1. The van der Waals surface area contributed by atoms with Crippen molar-refractivity contribution in [3.63, 3.8) is 0 Å². The Kier molecular flexibility index (Phi) is 6.23. The molecule has 27 heavy (non-hydrogen) atoms. The van der Waals surface area contributed by atoms with E-state index < -0.39 is 5.97 Å². The second-order valence-corrected chi connectivity index (χ2v) is 6.41. The zero-order chi connectivity index (χ0) is 19.1. The molecular formula is C22H18ClNO3. The molecule has 4 nitrogen and oxygen atoms in total. The van der Waals surface area contributed by atoms with Crippen LogP contribution in [0.15, 0.2) is 67.0 Å². The smallest absolute Gasteiger partial charge is 0.307 e. The fraction of sp³-hybridized carbons (Fsp3) is 0.0909. The molecular weight excluding hydrogens is 362 g/mol. The molecule has 136 valence electrons. The van der Waals surface area contributed by atoms with Gasteiger partial charge in [0.1, 0.15) is 12.4 Å². The van der Waals surface area contributed by atoms with Crippen LogP contribution < -0.4 is 4.74 Å². The highest BCUT2D eigenvalue weighted by atomic mass is 35.5. The summed E-state index contributed by atoms with van der Waals surface area (Å²) in [6.07, 6.45) is 7.37. The van der Waals surface area contributed by atoms with E-state index in [4.69, 9.17) is 21.4 Å². The SMILES string of the molecule is O=C(O)Cc1ccccc1OCc1cc(Cl)cc(C=Cc2ccncc2)c1. The second kappa shape index (κ2) is 9.01. The molecule has 0 saturated carbocycles. The number of carboxylic acid groups (broad SMARTS) is 1. The lowest BCUT2D eigenvalue weighted by Gasteiger charge is -2.11. The molecule has 5 heteroatoms. The molecule has 0 aliphatic rings. The van der Waals surface area contributed by atoms with Crippen molar-refractivity contribution in [2.24, 2.45) is 0 Å². The Bertz CT molecular complexity index is 955. The van der Waals surface area contributed by atoms with E-state index in [1.165, 1.54) is 0 Å². The van der Waals surface area contributed by atoms with E-state index in [0.717, 1.165) is 16.7 Å². The summed E-state index contributed by atoms with van der Waals surface area (Å²) in [6, 6.07) is 16.7. The summed E-state index contributed by atoms with van der Waals surface area (Å²) < 4.78 is 5.84. The maximum atomic E-state index is 11.0. The third-order valence-corrected chi connectivity index (χ3v) is 4.08. The van der Waals surface area contributed by atoms with Crippen molar-refractivity contribution in [3.8, 4) is 5.75 Å². The van der Waals surface area contributed by atoms with Crippen LogP contribution in [0.25, 0.3) is 12.2 Å². The van der Waals surface area contributed by atoms with Crippen LogP contribution in [0, 0.1) is 0 Å². The maximum absolute atomic E-state index is 11.0. The van der Waals surface area contributed by atoms with Gasteiger partial charge in [-0.3, -0.25) is 9.78 Å². The largest absolute Gasteiger partial charge is 0.489 e. The van der Waals surface area contributed by atoms with Gasteiger partial charge in [-0.2, -0.15) is 0 Å². The zero-order valence-electron chi connectivity index (χ0n) is 14.5. The van der Waals surface area contributed by atoms with Gasteiger partial charge in [-0.25, -0.2) is 0 Å². The van der Waals surface area contributed by atoms with Crippen molar-refractivity contribution < 1.29 is 14.6 Å². The number of ether oxygens (including phenoxy) is 1. The lowest BCUT2D eigenvalue weighted by molar-refractivity contribution is -0.136. The van der Waals surface area contributed by atoms with Crippen LogP contribution in [-0.4, -0.2) is 16.1 Å². The first kappa shape index (κ1) is 18.7. The summed E-state index contributed by atoms with van der Waals surface area (Å²) in [5.74, 6) is -0.328. The van der Waals surface area contributed by atoms with E-state index in [0.29, 0.717) is 22.9 Å². The van der Waals surface area contributed by atoms with Gasteiger partial charge in [-0.1, -0.05) is 42.0 Å². The van der Waals surface area contributed by atoms with Crippen LogP contribution >= 0.6 is 11.6 Å². The molecule has 0 radical (unpaired) electrons. The van der Waals surface area contributed by atoms with Gasteiger partial charge in [-0.05, 0) is 53.1 Å². The highest BCUT2D eigenvalue weighted by Gasteiger charge is 2.08. The molecule has 3 rings (SSSR count). The van der Waals surface area contributed by atoms with Crippen molar-refractivity contribution in [1.29, 1.82) is 0 Å². The average molecular weight is 380 g/mol. The molecule has 0 aliphatic heterocycles. The van der Waals surface area contributed by atoms with Gasteiger partial charge in [0.25, 0.3) is 0 Å². The first-order valence-electron chi connectivity index (χ1n) is 8.40. The maximum Gasteiger partial charge on any atom is 0.307 e. The number of halogens is 1. The average Bonchev–Trinajstić information content (AvgIpc) is 2.66. The molecule has 0 saturated heterocycles. The number of hydrogen-bond donors (Lipinski definition) is 1. The van der Waals surface area contributed by atoms with E-state index in [1.807, 2.05) is 48.6 Å². The van der Waals surface area contributed by atoms with Crippen molar-refractivity contribution in [2.75, 3.05) is 0 Å². The standard InChI is InChI=1S/C22H18ClNO3/c23-20-12-17(6-5-16-7-9-24-10-8-16)11-18(13-20)15-27-21-4-2-1-3-19(21)14-22(25)26/h1-13H,14-15H2,(H,25,26). The highest BCUT2D eigenvalue weighted by Crippen LogP contribution is 2.22. The number of hydrogen-bond acceptors (Lipinski definition) is 3. The summed E-state index contributed by atoms with van der Waals surface area (Å²) in [6.45, 7) is 0.299. The Morgan fingerprint density at radius 2 is 1.78 bits per heavy atom. The third kappa shape index (κ3) is 5.69. The number of aromatic nitrogens is 1. The molecule has 1 heterocycles. The van der Waals surface area contributed by atoms with Gasteiger partial charge < -0.3 is 9.84 Å². The van der Waals surface area contributed by atoms with Gasteiger partial charge in [0.15, 0.2) is 0 Å². The van der Waals surface area contributed by atoms with Crippen LogP contribution in [0.3, 0.4) is 0 Å². The number of carbonyl (C=O) groups is 1. The normalized spacial score (nSPS) is 10.9. The first-order valence-corrected chi connectivity index (χ1v) is 8.78. The van der Waals surface area contributed by atoms with Gasteiger partial charge in [-0.15, -0.1) is 0 Å². The van der Waals surface area contributed by atoms with Gasteiger partial charge in [0, 0.05) is 23.0 Å². The molecule has 0 amide bonds. The van der Waals surface area contributed by atoms with Crippen LogP contribution in [0.5, 0.6) is 5.75 Å². The fourth-order valence-corrected chi connectivity index (χ4v) is 2.90. The minimum absolute atomic E-state index is 0.0777. The minimum Gasteiger partial charge on any atom is -0.489 e. The number of aliphatic carboxylic acids is 1. The summed E-state index contributed by atoms with van der Waals surface area (Å²) in [5, 5.41) is 9.63. The summed E-state index contributed by atoms with van der Waals surface area (Å²) in [5.41, 5.74) is 3.55. The van der Waals surface area contributed by atoms with E-state index in [-0.39, 0.29) is 6.42 Å². The monoisotopic (exact) mass is 379 g/mol. The molecule has 0 atom stereocenters. The van der Waals surface area contributed by atoms with Crippen molar-refractivity contribution >= 4 is 29.7 Å². The van der Waals surface area contributed by atoms with Gasteiger partial charge in [0.05, 0.1) is 6.42 Å². The molecule has 0 spiro atoms. The third-order valence-electron chi connectivity index (χ3n) is 3.86. The molecule has 1 N–H and O–H groups in total. The van der Waals surface area contributed by atoms with Crippen LogP contribution in [0.4, 0.5) is 0 Å². The lowest BCUT2D eigenvalue weighted by Crippen LogP contribution is -2.04. The Morgan fingerprint density at radius 3 is 2.56 bits per heavy atom. The molecule has 3 aromatic rings. The predicted octanol–water partition coefficient (Wildman–Crippen LogP) is 5.11. The molecule has 0 bridgehead atoms. The van der Waals surface area contributed by atoms with Crippen molar-refractivity contribution in [1.82, 2.24) is 4.98 Å². The number of para-hydroxylation sites is 1. The van der Waals surface area contributed by atoms with Crippen molar-refractivity contribution in [2.45, 2.75) is 13.0 Å². The summed E-state index contributed by atoms with van der Waals surface area (Å²) in [4.78, 5) is 15.0. The van der Waals surface area contributed by atoms with E-state index >= 15 is 0 Å². The van der Waals surface area contributed by atoms with Crippen LogP contribution in [0.2, 0.25) is 5.02 Å². The van der Waals surface area contributed by atoms with Crippen LogP contribution in [0.1, 0.15) is 22.3 Å². The number of rotatable bonds is 7. The Hall–Kier alpha value is -3.11. The number of nitrogens with zero attached hydrogens (tertiary/aromatic N) is 1. The number of benzene rings is 2. The quantitative estimate of drug-likeness (QED) is 0.619. The van der Waals surface area contributed by atoms with Gasteiger partial charge in [0.2, 0.25) is 0 Å². The topological polar surface area (TPSA) is 59.4 Å². The number of carboxylic acids is 1. The Morgan fingerprint density at radius 1 is 1.04 bits per heavy atom. The molecule has 2 aromatic carbocycles. The molecule has 0 fully saturated rings. The first-order chi connectivity index (χ1) is 13.1. The summed E-state index contributed by atoms with van der Waals surface area (Å²) in [7, 11) is 0.